The number of hydrogen-bond acceptors (Lipinski definition) is 3. The van der Waals surface area contributed by atoms with Crippen LogP contribution in [-0.2, 0) is 4.74 Å². The van der Waals surface area contributed by atoms with Crippen molar-refractivity contribution in [3.63, 3.8) is 0 Å². The van der Waals surface area contributed by atoms with Crippen LogP contribution in [0.25, 0.3) is 0 Å². The van der Waals surface area contributed by atoms with Crippen molar-refractivity contribution in [2.45, 2.75) is 38.5 Å². The molecule has 1 saturated heterocycles. The standard InChI is InChI=1S/C9H19NO2/c1-7(8(2)12-3)10-5-4-9(11)6-10/h7-9,11H,4-6H2,1-3H3/t7?,8?,9-/m0/s1. The summed E-state index contributed by atoms with van der Waals surface area (Å²) in [7, 11) is 1.73. The molecule has 3 nitrogen and oxygen atoms in total. The fourth-order valence-electron chi connectivity index (χ4n) is 1.63. The minimum atomic E-state index is -0.128. The molecular weight excluding hydrogens is 154 g/mol. The van der Waals surface area contributed by atoms with Crippen LogP contribution >= 0.6 is 0 Å². The molecule has 0 saturated carbocycles. The molecule has 0 aromatic heterocycles. The SMILES string of the molecule is COC(C)C(C)N1CC[C@H](O)C1. The molecule has 72 valence electrons. The molecule has 2 unspecified atom stereocenters. The van der Waals surface area contributed by atoms with Gasteiger partial charge in [0.05, 0.1) is 12.2 Å². The van der Waals surface area contributed by atoms with Crippen LogP contribution in [0.1, 0.15) is 20.3 Å². The second kappa shape index (κ2) is 4.21. The number of hydrogen-bond donors (Lipinski definition) is 1. The van der Waals surface area contributed by atoms with Gasteiger partial charge in [-0.3, -0.25) is 4.90 Å². The zero-order valence-corrected chi connectivity index (χ0v) is 8.16. The summed E-state index contributed by atoms with van der Waals surface area (Å²) in [4.78, 5) is 2.28. The van der Waals surface area contributed by atoms with Gasteiger partial charge in [-0.15, -0.1) is 0 Å². The molecule has 12 heavy (non-hydrogen) atoms. The van der Waals surface area contributed by atoms with Crippen LogP contribution in [0.4, 0.5) is 0 Å². The largest absolute Gasteiger partial charge is 0.392 e. The molecule has 1 heterocycles. The highest BCUT2D eigenvalue weighted by atomic mass is 16.5. The summed E-state index contributed by atoms with van der Waals surface area (Å²) in [6.45, 7) is 6.01. The Bertz CT molecular complexity index is 140. The molecule has 1 aliphatic heterocycles. The van der Waals surface area contributed by atoms with Gasteiger partial charge in [-0.25, -0.2) is 0 Å². The van der Waals surface area contributed by atoms with Gasteiger partial charge in [0.2, 0.25) is 0 Å². The first-order chi connectivity index (χ1) is 5.65. The molecule has 0 bridgehead atoms. The number of aliphatic hydroxyl groups excluding tert-OH is 1. The van der Waals surface area contributed by atoms with Gasteiger partial charge in [-0.05, 0) is 20.3 Å². The van der Waals surface area contributed by atoms with Crippen molar-refractivity contribution in [3.05, 3.63) is 0 Å². The van der Waals surface area contributed by atoms with E-state index in [1.807, 2.05) is 0 Å². The van der Waals surface area contributed by atoms with Crippen molar-refractivity contribution in [1.82, 2.24) is 4.90 Å². The van der Waals surface area contributed by atoms with Gasteiger partial charge in [-0.1, -0.05) is 0 Å². The van der Waals surface area contributed by atoms with Crippen molar-refractivity contribution in [3.8, 4) is 0 Å². The normalized spacial score (nSPS) is 30.5. The van der Waals surface area contributed by atoms with E-state index < -0.39 is 0 Å². The lowest BCUT2D eigenvalue weighted by molar-refractivity contribution is 0.0377. The predicted molar refractivity (Wildman–Crippen MR) is 48.1 cm³/mol. The number of likely N-dealkylation sites (tertiary alicyclic amines) is 1. The highest BCUT2D eigenvalue weighted by Crippen LogP contribution is 2.15. The van der Waals surface area contributed by atoms with E-state index in [2.05, 4.69) is 18.7 Å². The molecule has 1 rings (SSSR count). The molecule has 0 aliphatic carbocycles. The maximum atomic E-state index is 9.32. The Morgan fingerprint density at radius 2 is 2.17 bits per heavy atom. The molecule has 3 heteroatoms. The fourth-order valence-corrected chi connectivity index (χ4v) is 1.63. The monoisotopic (exact) mass is 173 g/mol. The fraction of sp³-hybridized carbons (Fsp3) is 1.00. The highest BCUT2D eigenvalue weighted by Gasteiger charge is 2.27. The number of ether oxygens (including phenoxy) is 1. The molecule has 0 radical (unpaired) electrons. The van der Waals surface area contributed by atoms with E-state index in [4.69, 9.17) is 4.74 Å². The Labute approximate surface area is 74.3 Å². The van der Waals surface area contributed by atoms with Crippen molar-refractivity contribution >= 4 is 0 Å². The van der Waals surface area contributed by atoms with E-state index in [9.17, 15) is 5.11 Å². The molecule has 0 aromatic carbocycles. The summed E-state index contributed by atoms with van der Waals surface area (Å²) in [5.74, 6) is 0. The van der Waals surface area contributed by atoms with E-state index >= 15 is 0 Å². The van der Waals surface area contributed by atoms with Gasteiger partial charge in [-0.2, -0.15) is 0 Å². The zero-order valence-electron chi connectivity index (χ0n) is 8.16. The van der Waals surface area contributed by atoms with E-state index in [1.54, 1.807) is 7.11 Å². The van der Waals surface area contributed by atoms with Crippen molar-refractivity contribution < 1.29 is 9.84 Å². The predicted octanol–water partition coefficient (Wildman–Crippen LogP) is 0.476. The topological polar surface area (TPSA) is 32.7 Å². The Morgan fingerprint density at radius 1 is 1.50 bits per heavy atom. The number of rotatable bonds is 3. The minimum Gasteiger partial charge on any atom is -0.392 e. The van der Waals surface area contributed by atoms with E-state index in [-0.39, 0.29) is 12.2 Å². The molecule has 0 aromatic rings. The quantitative estimate of drug-likeness (QED) is 0.673. The second-order valence-corrected chi connectivity index (χ2v) is 3.62. The van der Waals surface area contributed by atoms with Crippen molar-refractivity contribution in [2.24, 2.45) is 0 Å². The number of β-amino-alcohol motifs (C(OH)–C–C–N with tert-alkyl or cyclic N) is 1. The average Bonchev–Trinajstić information content (AvgIpc) is 2.49. The maximum absolute atomic E-state index is 9.32. The molecule has 1 aliphatic rings. The molecule has 0 amide bonds. The van der Waals surface area contributed by atoms with Gasteiger partial charge >= 0.3 is 0 Å². The lowest BCUT2D eigenvalue weighted by Crippen LogP contribution is -2.40. The van der Waals surface area contributed by atoms with Crippen LogP contribution in [0.5, 0.6) is 0 Å². The van der Waals surface area contributed by atoms with Crippen molar-refractivity contribution in [2.75, 3.05) is 20.2 Å². The van der Waals surface area contributed by atoms with Gasteiger partial charge in [0.15, 0.2) is 0 Å². The molecule has 1 fully saturated rings. The van der Waals surface area contributed by atoms with Crippen LogP contribution in [0.3, 0.4) is 0 Å². The third-order valence-corrected chi connectivity index (χ3v) is 2.82. The average molecular weight is 173 g/mol. The highest BCUT2D eigenvalue weighted by molar-refractivity contribution is 4.81. The third kappa shape index (κ3) is 2.19. The van der Waals surface area contributed by atoms with E-state index in [0.717, 1.165) is 19.5 Å². The molecule has 1 N–H and O–H groups in total. The van der Waals surface area contributed by atoms with Gasteiger partial charge in [0.1, 0.15) is 0 Å². The van der Waals surface area contributed by atoms with E-state index in [0.29, 0.717) is 6.04 Å². The summed E-state index contributed by atoms with van der Waals surface area (Å²) < 4.78 is 5.24. The van der Waals surface area contributed by atoms with E-state index in [1.165, 1.54) is 0 Å². The zero-order chi connectivity index (χ0) is 9.14. The Morgan fingerprint density at radius 3 is 2.58 bits per heavy atom. The number of nitrogens with zero attached hydrogens (tertiary/aromatic N) is 1. The Kier molecular flexibility index (Phi) is 3.50. The van der Waals surface area contributed by atoms with Gasteiger partial charge in [0.25, 0.3) is 0 Å². The molecule has 3 atom stereocenters. The van der Waals surface area contributed by atoms with Crippen LogP contribution in [0, 0.1) is 0 Å². The van der Waals surface area contributed by atoms with Crippen LogP contribution in [-0.4, -0.2) is 48.5 Å². The van der Waals surface area contributed by atoms with Crippen LogP contribution < -0.4 is 0 Å². The Hall–Kier alpha value is -0.120. The number of aliphatic hydroxyl groups is 1. The Balaban J connectivity index is 2.37. The summed E-state index contributed by atoms with van der Waals surface area (Å²) in [5.41, 5.74) is 0. The summed E-state index contributed by atoms with van der Waals surface area (Å²) in [6.07, 6.45) is 1.02. The first-order valence-electron chi connectivity index (χ1n) is 4.60. The second-order valence-electron chi connectivity index (χ2n) is 3.62. The summed E-state index contributed by atoms with van der Waals surface area (Å²) in [5, 5.41) is 9.32. The lowest BCUT2D eigenvalue weighted by atomic mass is 10.2. The van der Waals surface area contributed by atoms with Gasteiger partial charge in [0, 0.05) is 26.2 Å². The smallest absolute Gasteiger partial charge is 0.0695 e. The first-order valence-corrected chi connectivity index (χ1v) is 4.60. The summed E-state index contributed by atoms with van der Waals surface area (Å²) in [6, 6.07) is 0.409. The number of methoxy groups -OCH3 is 1. The lowest BCUT2D eigenvalue weighted by Gasteiger charge is -2.28. The summed E-state index contributed by atoms with van der Waals surface area (Å²) >= 11 is 0. The minimum absolute atomic E-state index is 0.128. The molecule has 0 spiro atoms. The molecular formula is C9H19NO2. The van der Waals surface area contributed by atoms with Crippen LogP contribution in [0.2, 0.25) is 0 Å². The van der Waals surface area contributed by atoms with Crippen molar-refractivity contribution in [1.29, 1.82) is 0 Å². The third-order valence-electron chi connectivity index (χ3n) is 2.82. The van der Waals surface area contributed by atoms with Crippen LogP contribution in [0.15, 0.2) is 0 Å². The van der Waals surface area contributed by atoms with Gasteiger partial charge < -0.3 is 9.84 Å². The first kappa shape index (κ1) is 9.96. The maximum Gasteiger partial charge on any atom is 0.0695 e.